The van der Waals surface area contributed by atoms with Crippen LogP contribution < -0.4 is 5.73 Å². The van der Waals surface area contributed by atoms with Crippen LogP contribution in [0.1, 0.15) is 67.7 Å². The molecule has 0 saturated heterocycles. The molecule has 0 radical (unpaired) electrons. The second-order valence-electron chi connectivity index (χ2n) is 4.97. The van der Waals surface area contributed by atoms with Crippen molar-refractivity contribution in [2.75, 3.05) is 0 Å². The quantitative estimate of drug-likeness (QED) is 0.746. The predicted molar refractivity (Wildman–Crippen MR) is 67.6 cm³/mol. The highest BCUT2D eigenvalue weighted by Crippen LogP contribution is 2.38. The molecule has 15 heavy (non-hydrogen) atoms. The van der Waals surface area contributed by atoms with Crippen LogP contribution in [0.2, 0.25) is 0 Å². The Morgan fingerprint density at radius 3 is 1.67 bits per heavy atom. The molecule has 0 aliphatic heterocycles. The molecule has 0 aromatic rings. The van der Waals surface area contributed by atoms with E-state index in [2.05, 4.69) is 20.8 Å². The monoisotopic (exact) mass is 215 g/mol. The number of hydrogen-bond acceptors (Lipinski definition) is 1. The molecule has 0 aliphatic carbocycles. The van der Waals surface area contributed by atoms with E-state index in [1.807, 2.05) is 27.7 Å². The molecule has 2 heteroatoms. The van der Waals surface area contributed by atoms with E-state index in [0.717, 1.165) is 19.3 Å². The predicted octanol–water partition coefficient (Wildman–Crippen LogP) is 3.74. The molecule has 0 aromatic heterocycles. The number of carbonyl (C=O) groups excluding carboxylic acids is 1. The van der Waals surface area contributed by atoms with Crippen LogP contribution in [0.15, 0.2) is 0 Å². The molecular weight excluding hydrogens is 186 g/mol. The summed E-state index contributed by atoms with van der Waals surface area (Å²) in [5, 5.41) is 0. The lowest BCUT2D eigenvalue weighted by molar-refractivity contribution is -0.128. The molecule has 1 amide bonds. The summed E-state index contributed by atoms with van der Waals surface area (Å²) in [6, 6.07) is 0. The van der Waals surface area contributed by atoms with Gasteiger partial charge in [0.05, 0.1) is 0 Å². The summed E-state index contributed by atoms with van der Waals surface area (Å²) in [6.07, 6.45) is 2.78. The standard InChI is InChI=1S/C11H23NO.C2H6/c1-6-10(3,4)8-11(5,7-2)9(12)13;1-2/h6-8H2,1-5H3,(H2,12,13);1-2H3. The number of hydrogen-bond donors (Lipinski definition) is 1. The Labute approximate surface area is 95.6 Å². The zero-order chi connectivity index (χ0) is 12.7. The average Bonchev–Trinajstić information content (AvgIpc) is 2.20. The third-order valence-electron chi connectivity index (χ3n) is 3.20. The first-order valence-corrected chi connectivity index (χ1v) is 6.07. The van der Waals surface area contributed by atoms with Gasteiger partial charge < -0.3 is 5.73 Å². The molecule has 2 N–H and O–H groups in total. The van der Waals surface area contributed by atoms with E-state index in [9.17, 15) is 4.79 Å². The topological polar surface area (TPSA) is 43.1 Å². The van der Waals surface area contributed by atoms with Crippen molar-refractivity contribution in [1.29, 1.82) is 0 Å². The van der Waals surface area contributed by atoms with Crippen molar-refractivity contribution in [1.82, 2.24) is 0 Å². The van der Waals surface area contributed by atoms with Crippen LogP contribution in [0, 0.1) is 10.8 Å². The van der Waals surface area contributed by atoms with Gasteiger partial charge >= 0.3 is 0 Å². The van der Waals surface area contributed by atoms with Crippen molar-refractivity contribution >= 4 is 5.91 Å². The van der Waals surface area contributed by atoms with Gasteiger partial charge in [-0.1, -0.05) is 54.9 Å². The molecule has 0 bridgehead atoms. The van der Waals surface area contributed by atoms with Crippen LogP contribution in [0.4, 0.5) is 0 Å². The summed E-state index contributed by atoms with van der Waals surface area (Å²) in [6.45, 7) is 14.5. The summed E-state index contributed by atoms with van der Waals surface area (Å²) in [7, 11) is 0. The lowest BCUT2D eigenvalue weighted by atomic mass is 9.71. The highest BCUT2D eigenvalue weighted by atomic mass is 16.1. The van der Waals surface area contributed by atoms with Gasteiger partial charge in [-0.15, -0.1) is 0 Å². The van der Waals surface area contributed by atoms with E-state index in [1.165, 1.54) is 0 Å². The number of amides is 1. The summed E-state index contributed by atoms with van der Waals surface area (Å²) in [5.41, 5.74) is 5.28. The molecule has 0 aromatic carbocycles. The van der Waals surface area contributed by atoms with Gasteiger partial charge in [-0.3, -0.25) is 4.79 Å². The maximum absolute atomic E-state index is 11.3. The molecule has 2 nitrogen and oxygen atoms in total. The van der Waals surface area contributed by atoms with E-state index in [-0.39, 0.29) is 16.7 Å². The SMILES string of the molecule is CC.CCC(C)(C)CC(C)(CC)C(N)=O. The van der Waals surface area contributed by atoms with E-state index < -0.39 is 0 Å². The van der Waals surface area contributed by atoms with Crippen molar-refractivity contribution in [2.45, 2.75) is 67.7 Å². The molecular formula is C13H29NO. The zero-order valence-electron chi connectivity index (χ0n) is 11.6. The highest BCUT2D eigenvalue weighted by Gasteiger charge is 2.34. The summed E-state index contributed by atoms with van der Waals surface area (Å²) >= 11 is 0. The van der Waals surface area contributed by atoms with Crippen molar-refractivity contribution in [3.05, 3.63) is 0 Å². The third kappa shape index (κ3) is 5.81. The molecule has 0 heterocycles. The van der Waals surface area contributed by atoms with Crippen LogP contribution in [-0.4, -0.2) is 5.91 Å². The Hall–Kier alpha value is -0.530. The number of rotatable bonds is 5. The second kappa shape index (κ2) is 6.86. The van der Waals surface area contributed by atoms with Crippen LogP contribution in [0.3, 0.4) is 0 Å². The van der Waals surface area contributed by atoms with E-state index in [4.69, 9.17) is 5.73 Å². The minimum absolute atomic E-state index is 0.170. The van der Waals surface area contributed by atoms with Crippen molar-refractivity contribution in [3.8, 4) is 0 Å². The fourth-order valence-corrected chi connectivity index (χ4v) is 1.57. The van der Waals surface area contributed by atoms with Gasteiger partial charge in [0.15, 0.2) is 0 Å². The first kappa shape index (κ1) is 16.9. The molecule has 0 spiro atoms. The minimum Gasteiger partial charge on any atom is -0.369 e. The maximum atomic E-state index is 11.3. The first-order chi connectivity index (χ1) is 6.77. The van der Waals surface area contributed by atoms with Crippen LogP contribution in [-0.2, 0) is 4.79 Å². The molecule has 0 fully saturated rings. The molecule has 0 rings (SSSR count). The smallest absolute Gasteiger partial charge is 0.223 e. The average molecular weight is 215 g/mol. The highest BCUT2D eigenvalue weighted by molar-refractivity contribution is 5.80. The van der Waals surface area contributed by atoms with Crippen LogP contribution in [0.5, 0.6) is 0 Å². The van der Waals surface area contributed by atoms with E-state index >= 15 is 0 Å². The molecule has 1 atom stereocenters. The lowest BCUT2D eigenvalue weighted by Gasteiger charge is -2.34. The Balaban J connectivity index is 0. The molecule has 1 unspecified atom stereocenters. The van der Waals surface area contributed by atoms with Crippen molar-refractivity contribution < 1.29 is 4.79 Å². The number of primary amides is 1. The largest absolute Gasteiger partial charge is 0.369 e. The van der Waals surface area contributed by atoms with Gasteiger partial charge in [0.1, 0.15) is 0 Å². The summed E-state index contributed by atoms with van der Waals surface area (Å²) < 4.78 is 0. The van der Waals surface area contributed by atoms with Crippen molar-refractivity contribution in [3.63, 3.8) is 0 Å². The maximum Gasteiger partial charge on any atom is 0.223 e. The second-order valence-corrected chi connectivity index (χ2v) is 4.97. The summed E-state index contributed by atoms with van der Waals surface area (Å²) in [4.78, 5) is 11.3. The van der Waals surface area contributed by atoms with Gasteiger partial charge in [-0.25, -0.2) is 0 Å². The summed E-state index contributed by atoms with van der Waals surface area (Å²) in [5.74, 6) is -0.170. The fourth-order valence-electron chi connectivity index (χ4n) is 1.57. The number of nitrogens with two attached hydrogens (primary N) is 1. The van der Waals surface area contributed by atoms with Crippen LogP contribution >= 0.6 is 0 Å². The Bertz CT molecular complexity index is 187. The Morgan fingerprint density at radius 1 is 1.07 bits per heavy atom. The van der Waals surface area contributed by atoms with Crippen molar-refractivity contribution in [2.24, 2.45) is 16.6 Å². The fraction of sp³-hybridized carbons (Fsp3) is 0.923. The third-order valence-corrected chi connectivity index (χ3v) is 3.20. The zero-order valence-corrected chi connectivity index (χ0v) is 11.6. The van der Waals surface area contributed by atoms with Gasteiger partial charge in [-0.05, 0) is 18.3 Å². The minimum atomic E-state index is -0.334. The number of carbonyl (C=O) groups is 1. The van der Waals surface area contributed by atoms with E-state index in [1.54, 1.807) is 0 Å². The first-order valence-electron chi connectivity index (χ1n) is 6.07. The molecule has 0 saturated carbocycles. The van der Waals surface area contributed by atoms with Gasteiger partial charge in [-0.2, -0.15) is 0 Å². The van der Waals surface area contributed by atoms with E-state index in [0.29, 0.717) is 0 Å². The van der Waals surface area contributed by atoms with Crippen LogP contribution in [0.25, 0.3) is 0 Å². The van der Waals surface area contributed by atoms with Gasteiger partial charge in [0.25, 0.3) is 0 Å². The molecule has 92 valence electrons. The normalized spacial score (nSPS) is 14.9. The van der Waals surface area contributed by atoms with Gasteiger partial charge in [0, 0.05) is 5.41 Å². The Morgan fingerprint density at radius 2 is 1.47 bits per heavy atom. The molecule has 0 aliphatic rings. The lowest BCUT2D eigenvalue weighted by Crippen LogP contribution is -2.37. The van der Waals surface area contributed by atoms with Gasteiger partial charge in [0.2, 0.25) is 5.91 Å². The Kier molecular flexibility index (Phi) is 7.72.